The molecule has 1 unspecified atom stereocenters. The van der Waals surface area contributed by atoms with Crippen LogP contribution < -0.4 is 21.1 Å². The number of aryl methyl sites for hydroxylation is 1. The second kappa shape index (κ2) is 11.7. The summed E-state index contributed by atoms with van der Waals surface area (Å²) >= 11 is 0. The van der Waals surface area contributed by atoms with E-state index in [1.54, 1.807) is 25.4 Å². The molecule has 1 fully saturated rings. The number of nitrogens with one attached hydrogen (secondary N) is 3. The monoisotopic (exact) mass is 511 g/mol. The lowest BCUT2D eigenvalue weighted by Gasteiger charge is -2.37. The Balaban J connectivity index is 1.42. The van der Waals surface area contributed by atoms with Crippen molar-refractivity contribution in [3.8, 4) is 11.5 Å². The number of fused-ring (bicyclic) bond motifs is 1. The van der Waals surface area contributed by atoms with Crippen LogP contribution in [0.1, 0.15) is 43.2 Å². The zero-order valence-corrected chi connectivity index (χ0v) is 21.2. The highest BCUT2D eigenvalue weighted by Crippen LogP contribution is 2.33. The standard InChI is InChI=1S/C27H34FN5O4/c1-17-16-32-24-23(17)22(8-11-30-24)37-21-7-6-18(14-19(21)28)15-20(29)25(34)33-27(9-4-3-5-10-27)26(35)31-12-13-36-2/h6-8,11,14,16,20H,3-5,9-10,12-13,15,29H2,1-2H3,(H,30,32)(H,31,35)(H,33,34). The number of pyridine rings is 1. The van der Waals surface area contributed by atoms with Crippen LogP contribution in [0, 0.1) is 12.7 Å². The maximum absolute atomic E-state index is 14.9. The highest BCUT2D eigenvalue weighted by atomic mass is 19.1. The Hall–Kier alpha value is -3.50. The normalized spacial score (nSPS) is 15.8. The molecule has 0 bridgehead atoms. The zero-order valence-electron chi connectivity index (χ0n) is 21.2. The van der Waals surface area contributed by atoms with E-state index in [9.17, 15) is 14.0 Å². The summed E-state index contributed by atoms with van der Waals surface area (Å²) in [6, 6.07) is 5.26. The van der Waals surface area contributed by atoms with Gasteiger partial charge in [-0.25, -0.2) is 9.37 Å². The van der Waals surface area contributed by atoms with Gasteiger partial charge in [-0.1, -0.05) is 25.3 Å². The van der Waals surface area contributed by atoms with Crippen molar-refractivity contribution in [2.45, 2.75) is 57.0 Å². The van der Waals surface area contributed by atoms with Gasteiger partial charge in [0.05, 0.1) is 18.0 Å². The van der Waals surface area contributed by atoms with E-state index < -0.39 is 23.3 Å². The summed E-state index contributed by atoms with van der Waals surface area (Å²) in [6.45, 7) is 2.67. The van der Waals surface area contributed by atoms with Crippen LogP contribution in [0.4, 0.5) is 4.39 Å². The Morgan fingerprint density at radius 3 is 2.73 bits per heavy atom. The fraction of sp³-hybridized carbons (Fsp3) is 0.444. The van der Waals surface area contributed by atoms with Crippen molar-refractivity contribution in [1.29, 1.82) is 0 Å². The van der Waals surface area contributed by atoms with E-state index in [-0.39, 0.29) is 18.1 Å². The van der Waals surface area contributed by atoms with Gasteiger partial charge in [0.2, 0.25) is 11.8 Å². The van der Waals surface area contributed by atoms with E-state index >= 15 is 0 Å². The molecule has 2 heterocycles. The van der Waals surface area contributed by atoms with Crippen LogP contribution in [-0.4, -0.2) is 53.6 Å². The van der Waals surface area contributed by atoms with Gasteiger partial charge < -0.3 is 30.8 Å². The molecule has 2 amide bonds. The number of nitrogens with zero attached hydrogens (tertiary/aromatic N) is 1. The number of amides is 2. The summed E-state index contributed by atoms with van der Waals surface area (Å²) in [6.07, 6.45) is 7.31. The topological polar surface area (TPSA) is 131 Å². The van der Waals surface area contributed by atoms with Gasteiger partial charge >= 0.3 is 0 Å². The number of hydrogen-bond acceptors (Lipinski definition) is 6. The van der Waals surface area contributed by atoms with E-state index in [1.807, 2.05) is 13.1 Å². The van der Waals surface area contributed by atoms with Crippen molar-refractivity contribution in [3.63, 3.8) is 0 Å². The summed E-state index contributed by atoms with van der Waals surface area (Å²) in [5, 5.41) is 6.54. The van der Waals surface area contributed by atoms with Crippen LogP contribution in [0.2, 0.25) is 0 Å². The number of hydrogen-bond donors (Lipinski definition) is 4. The van der Waals surface area contributed by atoms with E-state index in [0.29, 0.717) is 43.0 Å². The van der Waals surface area contributed by atoms with Crippen LogP contribution in [0.15, 0.2) is 36.7 Å². The number of ether oxygens (including phenoxy) is 2. The van der Waals surface area contributed by atoms with Crippen molar-refractivity contribution in [3.05, 3.63) is 53.6 Å². The van der Waals surface area contributed by atoms with Crippen molar-refractivity contribution in [2.75, 3.05) is 20.3 Å². The first-order valence-electron chi connectivity index (χ1n) is 12.6. The molecular weight excluding hydrogens is 477 g/mol. The fourth-order valence-corrected chi connectivity index (χ4v) is 4.82. The van der Waals surface area contributed by atoms with Crippen molar-refractivity contribution >= 4 is 22.8 Å². The molecule has 0 radical (unpaired) electrons. The SMILES string of the molecule is COCCNC(=O)C1(NC(=O)C(N)Cc2ccc(Oc3ccnc4[nH]cc(C)c34)c(F)c2)CCCCC1. The zero-order chi connectivity index (χ0) is 26.4. The van der Waals surface area contributed by atoms with Gasteiger partial charge in [-0.3, -0.25) is 9.59 Å². The Morgan fingerprint density at radius 1 is 1.22 bits per heavy atom. The number of methoxy groups -OCH3 is 1. The number of carbonyl (C=O) groups is 2. The second-order valence-electron chi connectivity index (χ2n) is 9.56. The number of halogens is 1. The molecule has 1 saturated carbocycles. The van der Waals surface area contributed by atoms with Gasteiger partial charge in [0, 0.05) is 26.0 Å². The summed E-state index contributed by atoms with van der Waals surface area (Å²) in [5.41, 5.74) is 7.36. The largest absolute Gasteiger partial charge is 0.453 e. The number of nitrogens with two attached hydrogens (primary N) is 1. The predicted molar refractivity (Wildman–Crippen MR) is 138 cm³/mol. The molecule has 1 aromatic carbocycles. The second-order valence-corrected chi connectivity index (χ2v) is 9.56. The lowest BCUT2D eigenvalue weighted by atomic mass is 9.80. The molecule has 2 aromatic heterocycles. The van der Waals surface area contributed by atoms with E-state index in [1.165, 1.54) is 12.1 Å². The highest BCUT2D eigenvalue weighted by molar-refractivity contribution is 5.93. The number of aromatic amines is 1. The van der Waals surface area contributed by atoms with Gasteiger partial charge in [0.1, 0.15) is 16.9 Å². The van der Waals surface area contributed by atoms with Gasteiger partial charge in [0.15, 0.2) is 11.6 Å². The Bertz CT molecular complexity index is 1250. The van der Waals surface area contributed by atoms with E-state index in [4.69, 9.17) is 15.2 Å². The lowest BCUT2D eigenvalue weighted by Crippen LogP contribution is -2.62. The molecule has 198 valence electrons. The summed E-state index contributed by atoms with van der Waals surface area (Å²) in [7, 11) is 1.56. The van der Waals surface area contributed by atoms with Crippen molar-refractivity contribution < 1.29 is 23.5 Å². The summed E-state index contributed by atoms with van der Waals surface area (Å²) < 4.78 is 25.8. The number of carbonyl (C=O) groups excluding carboxylic acids is 2. The summed E-state index contributed by atoms with van der Waals surface area (Å²) in [4.78, 5) is 33.3. The third-order valence-electron chi connectivity index (χ3n) is 6.84. The van der Waals surface area contributed by atoms with Crippen LogP contribution in [0.5, 0.6) is 11.5 Å². The average molecular weight is 512 g/mol. The molecule has 5 N–H and O–H groups in total. The Labute approximate surface area is 215 Å². The molecule has 3 aromatic rings. The number of benzene rings is 1. The molecule has 4 rings (SSSR count). The predicted octanol–water partition coefficient (Wildman–Crippen LogP) is 3.25. The van der Waals surface area contributed by atoms with Crippen LogP contribution in [0.25, 0.3) is 11.0 Å². The molecule has 0 saturated heterocycles. The van der Waals surface area contributed by atoms with Crippen LogP contribution in [0.3, 0.4) is 0 Å². The van der Waals surface area contributed by atoms with Gasteiger partial charge in [0.25, 0.3) is 0 Å². The summed E-state index contributed by atoms with van der Waals surface area (Å²) in [5.74, 6) is -0.673. The van der Waals surface area contributed by atoms with E-state index in [2.05, 4.69) is 20.6 Å². The van der Waals surface area contributed by atoms with Crippen LogP contribution in [-0.2, 0) is 20.7 Å². The first-order chi connectivity index (χ1) is 17.8. The molecule has 1 aliphatic rings. The quantitative estimate of drug-likeness (QED) is 0.309. The third kappa shape index (κ3) is 6.08. The Morgan fingerprint density at radius 2 is 2.00 bits per heavy atom. The van der Waals surface area contributed by atoms with Crippen LogP contribution >= 0.6 is 0 Å². The minimum absolute atomic E-state index is 0.0590. The number of H-pyrrole nitrogens is 1. The third-order valence-corrected chi connectivity index (χ3v) is 6.84. The molecule has 37 heavy (non-hydrogen) atoms. The number of rotatable bonds is 10. The maximum Gasteiger partial charge on any atom is 0.245 e. The number of aromatic nitrogens is 2. The van der Waals surface area contributed by atoms with Gasteiger partial charge in [-0.2, -0.15) is 0 Å². The first kappa shape index (κ1) is 26.6. The smallest absolute Gasteiger partial charge is 0.245 e. The van der Waals surface area contributed by atoms with Gasteiger partial charge in [-0.05, 0) is 55.5 Å². The van der Waals surface area contributed by atoms with Gasteiger partial charge in [-0.15, -0.1) is 0 Å². The van der Waals surface area contributed by atoms with Crippen molar-refractivity contribution in [1.82, 2.24) is 20.6 Å². The molecule has 1 aliphatic carbocycles. The maximum atomic E-state index is 14.9. The fourth-order valence-electron chi connectivity index (χ4n) is 4.82. The average Bonchev–Trinajstić information content (AvgIpc) is 3.27. The highest BCUT2D eigenvalue weighted by Gasteiger charge is 2.41. The molecule has 0 aliphatic heterocycles. The molecule has 9 nitrogen and oxygen atoms in total. The molecule has 1 atom stereocenters. The minimum Gasteiger partial charge on any atom is -0.453 e. The lowest BCUT2D eigenvalue weighted by molar-refractivity contribution is -0.135. The van der Waals surface area contributed by atoms with E-state index in [0.717, 1.165) is 30.2 Å². The van der Waals surface area contributed by atoms with Crippen molar-refractivity contribution in [2.24, 2.45) is 5.73 Å². The minimum atomic E-state index is -0.990. The molecule has 0 spiro atoms. The molecule has 10 heteroatoms. The first-order valence-corrected chi connectivity index (χ1v) is 12.6. The Kier molecular flexibility index (Phi) is 8.40. The molecular formula is C27H34FN5O4.